The molecule has 1 fully saturated rings. The Morgan fingerprint density at radius 2 is 1.36 bits per heavy atom. The van der Waals surface area contributed by atoms with Crippen molar-refractivity contribution in [1.29, 1.82) is 10.5 Å². The maximum Gasteiger partial charge on any atom is 0.258 e. The Morgan fingerprint density at radius 3 is 1.79 bits per heavy atom. The summed E-state index contributed by atoms with van der Waals surface area (Å²) in [4.78, 5) is 0. The zero-order valence-electron chi connectivity index (χ0n) is 17.2. The normalized spacial score (nSPS) is 21.2. The monoisotopic (exact) mass is 388 g/mol. The van der Waals surface area contributed by atoms with Crippen LogP contribution in [0.25, 0.3) is 0 Å². The van der Waals surface area contributed by atoms with E-state index in [1.807, 2.05) is 32.0 Å². The minimum absolute atomic E-state index is 0.214. The maximum atomic E-state index is 10.2. The lowest BCUT2D eigenvalue weighted by Gasteiger charge is -2.66. The second-order valence-electron chi connectivity index (χ2n) is 6.22. The molecule has 1 atom stereocenters. The van der Waals surface area contributed by atoms with Crippen LogP contribution in [-0.4, -0.2) is 45.1 Å². The average Bonchev–Trinajstić information content (AvgIpc) is 2.71. The molecule has 0 unspecified atom stereocenters. The SMILES string of the molecule is CCOC1(OCC)[C@@H](c2ccccc2OC)C(C#N)(C#N)C1(OCC)OCC. The summed E-state index contributed by atoms with van der Waals surface area (Å²) >= 11 is 0. The molecule has 7 heteroatoms. The van der Waals surface area contributed by atoms with Gasteiger partial charge >= 0.3 is 0 Å². The molecule has 0 saturated heterocycles. The third kappa shape index (κ3) is 2.78. The van der Waals surface area contributed by atoms with Crippen LogP contribution in [0.15, 0.2) is 24.3 Å². The molecule has 1 aliphatic carbocycles. The number of nitriles is 2. The molecular weight excluding hydrogens is 360 g/mol. The minimum Gasteiger partial charge on any atom is -0.496 e. The van der Waals surface area contributed by atoms with Crippen molar-refractivity contribution < 1.29 is 23.7 Å². The Bertz CT molecular complexity index is 726. The van der Waals surface area contributed by atoms with Crippen LogP contribution >= 0.6 is 0 Å². The summed E-state index contributed by atoms with van der Waals surface area (Å²) in [5.41, 5.74) is -1.07. The first-order valence-electron chi connectivity index (χ1n) is 9.55. The van der Waals surface area contributed by atoms with Crippen LogP contribution in [0.4, 0.5) is 0 Å². The largest absolute Gasteiger partial charge is 0.496 e. The number of methoxy groups -OCH3 is 1. The fourth-order valence-electron chi connectivity index (χ4n) is 4.21. The minimum atomic E-state index is -1.70. The fourth-order valence-corrected chi connectivity index (χ4v) is 4.21. The van der Waals surface area contributed by atoms with Crippen LogP contribution in [0.2, 0.25) is 0 Å². The predicted molar refractivity (Wildman–Crippen MR) is 101 cm³/mol. The van der Waals surface area contributed by atoms with Gasteiger partial charge in [0.05, 0.1) is 25.2 Å². The Hall–Kier alpha value is -2.16. The summed E-state index contributed by atoms with van der Waals surface area (Å²) in [6, 6.07) is 11.6. The molecule has 0 heterocycles. The Labute approximate surface area is 166 Å². The summed E-state index contributed by atoms with van der Waals surface area (Å²) < 4.78 is 29.7. The number of hydrogen-bond acceptors (Lipinski definition) is 7. The van der Waals surface area contributed by atoms with Crippen LogP contribution in [0.1, 0.15) is 39.2 Å². The third-order valence-electron chi connectivity index (χ3n) is 5.01. The third-order valence-corrected chi connectivity index (χ3v) is 5.01. The molecule has 0 N–H and O–H groups in total. The van der Waals surface area contributed by atoms with Gasteiger partial charge in [0.2, 0.25) is 11.2 Å². The molecule has 152 valence electrons. The van der Waals surface area contributed by atoms with E-state index in [2.05, 4.69) is 12.1 Å². The van der Waals surface area contributed by atoms with Crippen molar-refractivity contribution in [2.45, 2.75) is 45.2 Å². The van der Waals surface area contributed by atoms with Gasteiger partial charge in [-0.3, -0.25) is 0 Å². The van der Waals surface area contributed by atoms with Crippen molar-refractivity contribution in [1.82, 2.24) is 0 Å². The summed E-state index contributed by atoms with van der Waals surface area (Å²) in [6.45, 7) is 8.18. The topological polar surface area (TPSA) is 93.7 Å². The van der Waals surface area contributed by atoms with Crippen molar-refractivity contribution >= 4 is 0 Å². The molecule has 7 nitrogen and oxygen atoms in total. The number of nitrogens with zero attached hydrogens (tertiary/aromatic N) is 2. The van der Waals surface area contributed by atoms with Gasteiger partial charge in [0, 0.05) is 32.0 Å². The molecule has 0 radical (unpaired) electrons. The van der Waals surface area contributed by atoms with Crippen molar-refractivity contribution in [2.75, 3.05) is 33.5 Å². The summed E-state index contributed by atoms with van der Waals surface area (Å²) in [5.74, 6) is -3.45. The standard InChI is InChI=1S/C21H28N2O5/c1-6-25-20(26-7-2)18(16-12-10-11-13-17(16)24-5)19(14-22,15-23)21(20,27-8-3)28-9-4/h10-13,18H,6-9H2,1-5H3/t18-/m0/s1. The van der Waals surface area contributed by atoms with Crippen LogP contribution in [0, 0.1) is 28.1 Å². The molecule has 0 spiro atoms. The lowest BCUT2D eigenvalue weighted by molar-refractivity contribution is -0.496. The zero-order chi connectivity index (χ0) is 20.8. The summed E-state index contributed by atoms with van der Waals surface area (Å²) in [5, 5.41) is 20.4. The smallest absolute Gasteiger partial charge is 0.258 e. The summed E-state index contributed by atoms with van der Waals surface area (Å²) in [6.07, 6.45) is 0. The Kier molecular flexibility index (Phi) is 7.03. The second-order valence-corrected chi connectivity index (χ2v) is 6.22. The van der Waals surface area contributed by atoms with E-state index in [9.17, 15) is 10.5 Å². The second kappa shape index (κ2) is 8.89. The van der Waals surface area contributed by atoms with E-state index in [0.717, 1.165) is 0 Å². The highest BCUT2D eigenvalue weighted by atomic mass is 16.8. The van der Waals surface area contributed by atoms with E-state index in [-0.39, 0.29) is 26.4 Å². The van der Waals surface area contributed by atoms with E-state index < -0.39 is 22.9 Å². The van der Waals surface area contributed by atoms with Gasteiger partial charge in [-0.25, -0.2) is 0 Å². The number of para-hydroxylation sites is 1. The van der Waals surface area contributed by atoms with Crippen molar-refractivity contribution in [2.24, 2.45) is 5.41 Å². The highest BCUT2D eigenvalue weighted by molar-refractivity contribution is 5.51. The fraction of sp³-hybridized carbons (Fsp3) is 0.619. The quantitative estimate of drug-likeness (QED) is 0.567. The summed E-state index contributed by atoms with van der Waals surface area (Å²) in [7, 11) is 1.54. The first-order chi connectivity index (χ1) is 13.5. The molecule has 1 aromatic carbocycles. The van der Waals surface area contributed by atoms with E-state index in [1.54, 1.807) is 27.0 Å². The van der Waals surface area contributed by atoms with Gasteiger partial charge in [-0.2, -0.15) is 10.5 Å². The molecule has 28 heavy (non-hydrogen) atoms. The van der Waals surface area contributed by atoms with Gasteiger partial charge in [-0.15, -0.1) is 0 Å². The van der Waals surface area contributed by atoms with Crippen molar-refractivity contribution in [3.8, 4) is 17.9 Å². The van der Waals surface area contributed by atoms with Gasteiger partial charge in [0.15, 0.2) is 0 Å². The average molecular weight is 388 g/mol. The number of hydrogen-bond donors (Lipinski definition) is 0. The first-order valence-corrected chi connectivity index (χ1v) is 9.55. The molecule has 1 saturated carbocycles. The van der Waals surface area contributed by atoms with Gasteiger partial charge in [0.25, 0.3) is 5.79 Å². The van der Waals surface area contributed by atoms with Crippen LogP contribution in [0.5, 0.6) is 5.75 Å². The Balaban J connectivity index is 2.86. The predicted octanol–water partition coefficient (Wildman–Crippen LogP) is 3.36. The van der Waals surface area contributed by atoms with Gasteiger partial charge in [-0.05, 0) is 33.8 Å². The van der Waals surface area contributed by atoms with Crippen LogP contribution < -0.4 is 4.74 Å². The highest BCUT2D eigenvalue weighted by Crippen LogP contribution is 2.70. The molecule has 1 aliphatic rings. The molecule has 0 bridgehead atoms. The van der Waals surface area contributed by atoms with Gasteiger partial charge in [0.1, 0.15) is 5.75 Å². The van der Waals surface area contributed by atoms with Crippen LogP contribution in [-0.2, 0) is 18.9 Å². The molecule has 0 aromatic heterocycles. The number of rotatable bonds is 10. The van der Waals surface area contributed by atoms with Crippen molar-refractivity contribution in [3.63, 3.8) is 0 Å². The Morgan fingerprint density at radius 1 is 0.857 bits per heavy atom. The molecule has 2 rings (SSSR count). The zero-order valence-corrected chi connectivity index (χ0v) is 17.2. The number of benzene rings is 1. The van der Waals surface area contributed by atoms with Gasteiger partial charge < -0.3 is 23.7 Å². The molecule has 0 aliphatic heterocycles. The van der Waals surface area contributed by atoms with E-state index in [0.29, 0.717) is 11.3 Å². The number of ether oxygens (including phenoxy) is 5. The lowest BCUT2D eigenvalue weighted by atomic mass is 9.49. The lowest BCUT2D eigenvalue weighted by Crippen LogP contribution is -2.83. The van der Waals surface area contributed by atoms with E-state index in [4.69, 9.17) is 23.7 Å². The molecular formula is C21H28N2O5. The van der Waals surface area contributed by atoms with Crippen molar-refractivity contribution in [3.05, 3.63) is 29.8 Å². The van der Waals surface area contributed by atoms with Gasteiger partial charge in [-0.1, -0.05) is 18.2 Å². The molecule has 0 amide bonds. The molecule has 1 aromatic rings. The first kappa shape index (κ1) is 22.1. The maximum absolute atomic E-state index is 10.2. The van der Waals surface area contributed by atoms with E-state index in [1.165, 1.54) is 0 Å². The van der Waals surface area contributed by atoms with E-state index >= 15 is 0 Å². The van der Waals surface area contributed by atoms with Crippen LogP contribution in [0.3, 0.4) is 0 Å². The highest BCUT2D eigenvalue weighted by Gasteiger charge is 2.87.